The van der Waals surface area contributed by atoms with E-state index in [1.807, 2.05) is 13.8 Å². The highest BCUT2D eigenvalue weighted by molar-refractivity contribution is 8.14. The Bertz CT molecular complexity index is 189. The topological polar surface area (TPSA) is 30.5 Å². The SMILES string of the molecule is CCOP(=S)(NC(=S)S)OCC. The van der Waals surface area contributed by atoms with E-state index in [-0.39, 0.29) is 0 Å². The smallest absolute Gasteiger partial charge is 0.288 e. The van der Waals surface area contributed by atoms with Crippen LogP contribution in [0.4, 0.5) is 0 Å². The van der Waals surface area contributed by atoms with Crippen LogP contribution < -0.4 is 5.09 Å². The summed E-state index contributed by atoms with van der Waals surface area (Å²) >= 11 is 13.7. The molecule has 0 spiro atoms. The number of hydrogen-bond acceptors (Lipinski definition) is 4. The molecule has 0 aliphatic rings. The molecule has 0 aromatic rings. The normalized spacial score (nSPS) is 11.2. The molecule has 0 amide bonds. The maximum Gasteiger partial charge on any atom is 0.288 e. The molecule has 0 saturated heterocycles. The van der Waals surface area contributed by atoms with Crippen LogP contribution in [0.15, 0.2) is 0 Å². The summed E-state index contributed by atoms with van der Waals surface area (Å²) in [7, 11) is 0. The minimum absolute atomic E-state index is 0.306. The van der Waals surface area contributed by atoms with Crippen LogP contribution in [0.5, 0.6) is 0 Å². The number of hydrogen-bond donors (Lipinski definition) is 2. The average Bonchev–Trinajstić information content (AvgIpc) is 1.85. The van der Waals surface area contributed by atoms with E-state index in [9.17, 15) is 0 Å². The molecular formula is C5H12NO2PS3. The molecule has 0 saturated carbocycles. The number of thiocarbonyl (C=S) groups is 1. The Kier molecular flexibility index (Phi) is 6.72. The van der Waals surface area contributed by atoms with Crippen molar-refractivity contribution in [2.45, 2.75) is 13.8 Å². The van der Waals surface area contributed by atoms with Gasteiger partial charge in [-0.1, -0.05) is 12.2 Å². The van der Waals surface area contributed by atoms with Gasteiger partial charge in [-0.25, -0.2) is 0 Å². The molecule has 0 aromatic carbocycles. The fourth-order valence-electron chi connectivity index (χ4n) is 0.559. The summed E-state index contributed by atoms with van der Waals surface area (Å²) in [5.74, 6) is 0. The van der Waals surface area contributed by atoms with Gasteiger partial charge in [0.15, 0.2) is 0 Å². The molecule has 0 unspecified atom stereocenters. The van der Waals surface area contributed by atoms with Gasteiger partial charge in [-0.15, -0.1) is 12.6 Å². The largest absolute Gasteiger partial charge is 0.314 e. The van der Waals surface area contributed by atoms with Crippen molar-refractivity contribution in [3.05, 3.63) is 0 Å². The molecule has 72 valence electrons. The van der Waals surface area contributed by atoms with Gasteiger partial charge < -0.3 is 14.1 Å². The molecular weight excluding hydrogens is 233 g/mol. The van der Waals surface area contributed by atoms with Crippen LogP contribution in [0.3, 0.4) is 0 Å². The van der Waals surface area contributed by atoms with Crippen LogP contribution in [0.2, 0.25) is 0 Å². The third-order valence-electron chi connectivity index (χ3n) is 0.831. The Morgan fingerprint density at radius 1 is 1.42 bits per heavy atom. The predicted octanol–water partition coefficient (Wildman–Crippen LogP) is 2.09. The summed E-state index contributed by atoms with van der Waals surface area (Å²) in [4.78, 5) is 0. The van der Waals surface area contributed by atoms with E-state index in [1.54, 1.807) is 0 Å². The molecule has 0 atom stereocenters. The van der Waals surface area contributed by atoms with Crippen molar-refractivity contribution in [1.82, 2.24) is 5.09 Å². The summed E-state index contributed by atoms with van der Waals surface area (Å²) in [5.41, 5.74) is 0. The van der Waals surface area contributed by atoms with E-state index in [0.717, 1.165) is 0 Å². The fourth-order valence-corrected chi connectivity index (χ4v) is 3.71. The van der Waals surface area contributed by atoms with Crippen LogP contribution >= 0.6 is 31.5 Å². The maximum atomic E-state index is 5.24. The van der Waals surface area contributed by atoms with Gasteiger partial charge in [0.2, 0.25) is 0 Å². The van der Waals surface area contributed by atoms with E-state index in [2.05, 4.69) is 17.7 Å². The minimum atomic E-state index is -2.41. The first-order valence-electron chi connectivity index (χ1n) is 3.44. The summed E-state index contributed by atoms with van der Waals surface area (Å²) in [6, 6.07) is 0. The lowest BCUT2D eigenvalue weighted by molar-refractivity contribution is 0.263. The monoisotopic (exact) mass is 245 g/mol. The summed E-state index contributed by atoms with van der Waals surface area (Å²) < 4.78 is 10.8. The molecule has 0 aromatic heterocycles. The zero-order chi connectivity index (χ0) is 9.61. The Hall–Kier alpha value is 0.810. The number of nitrogens with one attached hydrogen (secondary N) is 1. The van der Waals surface area contributed by atoms with Crippen molar-refractivity contribution >= 4 is 47.6 Å². The number of rotatable bonds is 5. The van der Waals surface area contributed by atoms with Gasteiger partial charge in [-0.3, -0.25) is 0 Å². The minimum Gasteiger partial charge on any atom is -0.314 e. The Morgan fingerprint density at radius 3 is 2.08 bits per heavy atom. The van der Waals surface area contributed by atoms with Gasteiger partial charge in [-0.05, 0) is 25.7 Å². The third-order valence-corrected chi connectivity index (χ3v) is 3.97. The number of thiol groups is 1. The zero-order valence-corrected chi connectivity index (χ0v) is 10.4. The second-order valence-electron chi connectivity index (χ2n) is 1.75. The molecule has 0 heterocycles. The Labute approximate surface area is 88.8 Å². The van der Waals surface area contributed by atoms with Gasteiger partial charge in [-0.2, -0.15) is 0 Å². The highest BCUT2D eigenvalue weighted by Gasteiger charge is 2.17. The molecule has 0 aliphatic carbocycles. The van der Waals surface area contributed by atoms with Crippen LogP contribution in [-0.2, 0) is 20.9 Å². The van der Waals surface area contributed by atoms with Crippen molar-refractivity contribution in [1.29, 1.82) is 0 Å². The van der Waals surface area contributed by atoms with Gasteiger partial charge in [0, 0.05) is 0 Å². The van der Waals surface area contributed by atoms with Crippen molar-refractivity contribution in [3.63, 3.8) is 0 Å². The maximum absolute atomic E-state index is 5.24. The molecule has 7 heteroatoms. The third kappa shape index (κ3) is 5.45. The van der Waals surface area contributed by atoms with Crippen molar-refractivity contribution in [2.75, 3.05) is 13.2 Å². The lowest BCUT2D eigenvalue weighted by Gasteiger charge is -2.21. The first-order valence-corrected chi connectivity index (χ1v) is 6.93. The summed E-state index contributed by atoms with van der Waals surface area (Å²) in [6.45, 7) is 2.29. The van der Waals surface area contributed by atoms with E-state index in [4.69, 9.17) is 33.1 Å². The highest BCUT2D eigenvalue weighted by atomic mass is 32.5. The predicted molar refractivity (Wildman–Crippen MR) is 62.3 cm³/mol. The van der Waals surface area contributed by atoms with Crippen molar-refractivity contribution in [2.24, 2.45) is 0 Å². The van der Waals surface area contributed by atoms with Crippen molar-refractivity contribution in [3.8, 4) is 0 Å². The van der Waals surface area contributed by atoms with E-state index >= 15 is 0 Å². The van der Waals surface area contributed by atoms with Crippen LogP contribution in [0, 0.1) is 0 Å². The molecule has 3 nitrogen and oxygen atoms in total. The van der Waals surface area contributed by atoms with Gasteiger partial charge >= 0.3 is 0 Å². The lowest BCUT2D eigenvalue weighted by Crippen LogP contribution is -2.16. The van der Waals surface area contributed by atoms with E-state index in [0.29, 0.717) is 17.5 Å². The molecule has 0 fully saturated rings. The first-order chi connectivity index (χ1) is 5.54. The van der Waals surface area contributed by atoms with Gasteiger partial charge in [0.1, 0.15) is 4.32 Å². The molecule has 0 bridgehead atoms. The standard InChI is InChI=1S/C5H12NO2PS3/c1-3-7-9(12,8-4-2)6-5(10)11/h3-4H2,1-2H3,(H2,6,10,11,12). The second kappa shape index (κ2) is 6.29. The quantitative estimate of drug-likeness (QED) is 0.440. The highest BCUT2D eigenvalue weighted by Crippen LogP contribution is 2.43. The van der Waals surface area contributed by atoms with Gasteiger partial charge in [0.25, 0.3) is 6.64 Å². The van der Waals surface area contributed by atoms with E-state index in [1.165, 1.54) is 0 Å². The molecule has 12 heavy (non-hydrogen) atoms. The molecule has 1 N–H and O–H groups in total. The second-order valence-corrected chi connectivity index (χ2v) is 6.09. The van der Waals surface area contributed by atoms with Crippen LogP contribution in [0.1, 0.15) is 13.8 Å². The molecule has 0 aliphatic heterocycles. The van der Waals surface area contributed by atoms with Gasteiger partial charge in [0.05, 0.1) is 13.2 Å². The van der Waals surface area contributed by atoms with Crippen molar-refractivity contribution < 1.29 is 9.05 Å². The Morgan fingerprint density at radius 2 is 1.83 bits per heavy atom. The molecule has 0 radical (unpaired) electrons. The Balaban J connectivity index is 4.18. The van der Waals surface area contributed by atoms with Crippen LogP contribution in [0.25, 0.3) is 0 Å². The fraction of sp³-hybridized carbons (Fsp3) is 0.800. The summed E-state index contributed by atoms with van der Waals surface area (Å²) in [6.07, 6.45) is 0. The average molecular weight is 245 g/mol. The zero-order valence-electron chi connectivity index (χ0n) is 6.94. The molecule has 0 rings (SSSR count). The van der Waals surface area contributed by atoms with E-state index < -0.39 is 6.64 Å². The summed E-state index contributed by atoms with van der Waals surface area (Å²) in [5, 5.41) is 2.74. The lowest BCUT2D eigenvalue weighted by atomic mass is 10.9. The van der Waals surface area contributed by atoms with Crippen LogP contribution in [-0.4, -0.2) is 17.5 Å². The first kappa shape index (κ1) is 12.8.